The van der Waals surface area contributed by atoms with E-state index in [0.717, 1.165) is 137 Å². The molecule has 584 valence electrons. The normalized spacial score (nSPS) is 18.2. The van der Waals surface area contributed by atoms with E-state index in [9.17, 15) is 0 Å². The average molecular weight is 1550 g/mol. The van der Waals surface area contributed by atoms with Crippen molar-refractivity contribution in [3.05, 3.63) is 267 Å². The SMILES string of the molecule is CC1(C)OB(c2cc(-c3ccc4ccccc4c3)c3oc4c5ccccc5ccc4c3c2)OC1(C)C.CC1(C)OB(c2ccc3oc4c5ccccc5c5ccccc5c4c3c2)OC1(C)C.CC1(C)OB(c2ccc3oc4c5ccccc5ccc4c3c2)OC1(C)C.CC1(C)OB(c2ccc3oc4ccc5ccccc5c4c3c2)OC1(C)C. The van der Waals surface area contributed by atoms with Gasteiger partial charge < -0.3 is 54.9 Å². The Morgan fingerprint density at radius 2 is 0.517 bits per heavy atom. The molecular formula is C102H92B4O12. The Morgan fingerprint density at radius 3 is 1.03 bits per heavy atom. The van der Waals surface area contributed by atoms with Crippen molar-refractivity contribution in [2.45, 2.75) is 156 Å². The zero-order valence-electron chi connectivity index (χ0n) is 69.6. The van der Waals surface area contributed by atoms with Crippen LogP contribution in [0.1, 0.15) is 111 Å². The molecule has 19 aromatic rings. The highest BCUT2D eigenvalue weighted by Gasteiger charge is 2.55. The molecule has 4 aromatic heterocycles. The molecule has 16 heteroatoms. The zero-order chi connectivity index (χ0) is 81.5. The topological polar surface area (TPSA) is 126 Å². The molecular weight excluding hydrogens is 1460 g/mol. The van der Waals surface area contributed by atoms with Crippen LogP contribution in [0.3, 0.4) is 0 Å². The first-order valence-corrected chi connectivity index (χ1v) is 41.1. The highest BCUT2D eigenvalue weighted by Crippen LogP contribution is 2.47. The summed E-state index contributed by atoms with van der Waals surface area (Å²) in [6.07, 6.45) is 0. The summed E-state index contributed by atoms with van der Waals surface area (Å²) in [5.74, 6) is 0. The van der Waals surface area contributed by atoms with E-state index in [4.69, 9.17) is 54.9 Å². The molecule has 0 atom stereocenters. The summed E-state index contributed by atoms with van der Waals surface area (Å²) in [7, 11) is -1.58. The minimum Gasteiger partial charge on any atom is -0.456 e. The first-order chi connectivity index (χ1) is 56.4. The first-order valence-electron chi connectivity index (χ1n) is 41.1. The molecule has 4 aliphatic heterocycles. The van der Waals surface area contributed by atoms with Crippen LogP contribution in [0.5, 0.6) is 0 Å². The highest BCUT2D eigenvalue weighted by atomic mass is 16.7. The van der Waals surface area contributed by atoms with E-state index in [-0.39, 0.29) is 47.8 Å². The van der Waals surface area contributed by atoms with Gasteiger partial charge in [0.05, 0.1) is 44.8 Å². The minimum atomic E-state index is -0.455. The van der Waals surface area contributed by atoms with Gasteiger partial charge in [-0.3, -0.25) is 0 Å². The van der Waals surface area contributed by atoms with Gasteiger partial charge in [0.2, 0.25) is 0 Å². The van der Waals surface area contributed by atoms with Crippen LogP contribution < -0.4 is 21.9 Å². The average Bonchev–Trinajstić information content (AvgIpc) is 1.54. The van der Waals surface area contributed by atoms with Crippen LogP contribution in [0, 0.1) is 0 Å². The molecule has 0 amide bonds. The maximum atomic E-state index is 6.68. The van der Waals surface area contributed by atoms with Crippen LogP contribution in [0.2, 0.25) is 0 Å². The predicted octanol–water partition coefficient (Wildman–Crippen LogP) is 24.1. The predicted molar refractivity (Wildman–Crippen MR) is 488 cm³/mol. The molecule has 15 aromatic carbocycles. The van der Waals surface area contributed by atoms with Gasteiger partial charge in [-0.25, -0.2) is 0 Å². The Morgan fingerprint density at radius 1 is 0.186 bits per heavy atom. The summed E-state index contributed by atoms with van der Waals surface area (Å²) < 4.78 is 75.7. The van der Waals surface area contributed by atoms with Crippen molar-refractivity contribution >= 4 is 203 Å². The van der Waals surface area contributed by atoms with E-state index in [1.165, 1.54) is 48.5 Å². The summed E-state index contributed by atoms with van der Waals surface area (Å²) in [6, 6.07) is 93.0. The fourth-order valence-corrected chi connectivity index (χ4v) is 17.2. The van der Waals surface area contributed by atoms with Gasteiger partial charge in [0.15, 0.2) is 0 Å². The zero-order valence-corrected chi connectivity index (χ0v) is 69.6. The molecule has 4 saturated heterocycles. The number of hydrogen-bond acceptors (Lipinski definition) is 12. The quantitative estimate of drug-likeness (QED) is 0.120. The van der Waals surface area contributed by atoms with E-state index >= 15 is 0 Å². The molecule has 0 N–H and O–H groups in total. The summed E-state index contributed by atoms with van der Waals surface area (Å²) >= 11 is 0. The highest BCUT2D eigenvalue weighted by molar-refractivity contribution is 6.64. The smallest absolute Gasteiger partial charge is 0.456 e. The Balaban J connectivity index is 0.000000102. The molecule has 12 nitrogen and oxygen atoms in total. The van der Waals surface area contributed by atoms with Crippen LogP contribution in [0.4, 0.5) is 0 Å². The largest absolute Gasteiger partial charge is 0.494 e. The minimum absolute atomic E-state index is 0.346. The van der Waals surface area contributed by atoms with Gasteiger partial charge in [0, 0.05) is 64.8 Å². The third-order valence-electron chi connectivity index (χ3n) is 26.8. The molecule has 23 rings (SSSR count). The lowest BCUT2D eigenvalue weighted by Gasteiger charge is -2.32. The van der Waals surface area contributed by atoms with Crippen molar-refractivity contribution in [2.24, 2.45) is 0 Å². The van der Waals surface area contributed by atoms with E-state index in [1.54, 1.807) is 0 Å². The number of rotatable bonds is 5. The second-order valence-electron chi connectivity index (χ2n) is 36.3. The number of furan rings is 4. The molecule has 4 fully saturated rings. The van der Waals surface area contributed by atoms with E-state index < -0.39 is 25.4 Å². The van der Waals surface area contributed by atoms with Crippen LogP contribution in [-0.4, -0.2) is 73.3 Å². The second-order valence-corrected chi connectivity index (χ2v) is 36.3. The summed E-state index contributed by atoms with van der Waals surface area (Å²) in [4.78, 5) is 0. The third kappa shape index (κ3) is 12.5. The Hall–Kier alpha value is -11.0. The Labute approximate surface area is 687 Å². The fraction of sp³-hybridized carbons (Fsp3) is 0.235. The van der Waals surface area contributed by atoms with Gasteiger partial charge in [-0.15, -0.1) is 0 Å². The number of hydrogen-bond donors (Lipinski definition) is 0. The molecule has 0 saturated carbocycles. The lowest BCUT2D eigenvalue weighted by atomic mass is 9.77. The maximum Gasteiger partial charge on any atom is 0.494 e. The van der Waals surface area contributed by atoms with Crippen LogP contribution in [0.25, 0.3) is 164 Å². The van der Waals surface area contributed by atoms with Gasteiger partial charge in [-0.1, -0.05) is 224 Å². The van der Waals surface area contributed by atoms with E-state index in [0.29, 0.717) is 0 Å². The summed E-state index contributed by atoms with van der Waals surface area (Å²) in [6.45, 7) is 33.3. The second kappa shape index (κ2) is 27.3. The van der Waals surface area contributed by atoms with Crippen molar-refractivity contribution in [3.8, 4) is 11.1 Å². The lowest BCUT2D eigenvalue weighted by molar-refractivity contribution is 0.00578. The van der Waals surface area contributed by atoms with Crippen molar-refractivity contribution in [3.63, 3.8) is 0 Å². The third-order valence-corrected chi connectivity index (χ3v) is 26.8. The lowest BCUT2D eigenvalue weighted by Crippen LogP contribution is -2.41. The molecule has 0 unspecified atom stereocenters. The molecule has 118 heavy (non-hydrogen) atoms. The van der Waals surface area contributed by atoms with Crippen molar-refractivity contribution < 1.29 is 54.9 Å². The van der Waals surface area contributed by atoms with Crippen LogP contribution >= 0.6 is 0 Å². The van der Waals surface area contributed by atoms with Crippen LogP contribution in [-0.2, 0) is 37.2 Å². The van der Waals surface area contributed by atoms with E-state index in [2.05, 4.69) is 329 Å². The van der Waals surface area contributed by atoms with Gasteiger partial charge >= 0.3 is 28.5 Å². The Bertz CT molecular complexity index is 7230. The molecule has 0 spiro atoms. The molecule has 0 aliphatic carbocycles. The van der Waals surface area contributed by atoms with Crippen molar-refractivity contribution in [1.29, 1.82) is 0 Å². The molecule has 0 bridgehead atoms. The van der Waals surface area contributed by atoms with Gasteiger partial charge in [0.25, 0.3) is 0 Å². The first kappa shape index (κ1) is 75.7. The molecule has 8 heterocycles. The molecule has 0 radical (unpaired) electrons. The van der Waals surface area contributed by atoms with Crippen LogP contribution in [0.15, 0.2) is 285 Å². The summed E-state index contributed by atoms with van der Waals surface area (Å²) in [5.41, 5.74) is 10.5. The standard InChI is InChI=1S/C32H27BO3.C26H23BO3.2C22H21BO3/c1-31(2)32(3,4)36-33(35-31)24-18-27(23-14-13-20-9-5-6-11-22(20)17-23)30-28(19-24)26-16-15-21-10-7-8-12-25(21)29(26)34-30;1-25(2)26(3,4)30-27(29-25)16-13-14-22-21(15-16)23-19-11-7-5-9-17(19)18-10-6-8-12-20(18)24(23)28-22;1-21(2)22(3,4)26-23(25-21)15-10-12-18-17(13-15)20-16-8-6-5-7-14(16)9-11-19(20)24-18;1-21(2)22(3,4)26-23(25-21)15-10-12-19-18(13-15)17-11-9-14-7-5-6-8-16(14)20(17)24-19/h5-19H,1-4H3;5-15H,1-4H3;2*5-13H,1-4H3. The van der Waals surface area contributed by atoms with Crippen molar-refractivity contribution in [1.82, 2.24) is 0 Å². The van der Waals surface area contributed by atoms with Crippen molar-refractivity contribution in [2.75, 3.05) is 0 Å². The number of benzene rings is 15. The Kier molecular flexibility index (Phi) is 17.5. The van der Waals surface area contributed by atoms with Gasteiger partial charge in [-0.2, -0.15) is 0 Å². The summed E-state index contributed by atoms with van der Waals surface area (Å²) in [5, 5.41) is 23.1. The van der Waals surface area contributed by atoms with Gasteiger partial charge in [0.1, 0.15) is 44.7 Å². The monoisotopic (exact) mass is 1550 g/mol. The van der Waals surface area contributed by atoms with Gasteiger partial charge in [-0.05, 0) is 229 Å². The molecule has 4 aliphatic rings. The maximum absolute atomic E-state index is 6.68. The fourth-order valence-electron chi connectivity index (χ4n) is 17.2. The number of fused-ring (bicyclic) bond motifs is 24. The van der Waals surface area contributed by atoms with E-state index in [1.807, 2.05) is 48.5 Å².